The smallest absolute Gasteiger partial charge is 0.251 e. The molecule has 2 N–H and O–H groups in total. The Bertz CT molecular complexity index is 826. The number of fused-ring (bicyclic) bond motifs is 1. The summed E-state index contributed by atoms with van der Waals surface area (Å²) in [7, 11) is 0. The molecule has 1 amide bonds. The summed E-state index contributed by atoms with van der Waals surface area (Å²) >= 11 is 11.8. The number of hydrogen-bond donors (Lipinski definition) is 2. The molecule has 22 heavy (non-hydrogen) atoms. The maximum Gasteiger partial charge on any atom is 0.251 e. The quantitative estimate of drug-likeness (QED) is 0.728. The molecule has 0 radical (unpaired) electrons. The molecule has 0 saturated heterocycles. The Morgan fingerprint density at radius 1 is 1.09 bits per heavy atom. The van der Waals surface area contributed by atoms with E-state index in [1.165, 1.54) is 10.9 Å². The minimum Gasteiger partial charge on any atom is -0.361 e. The number of aromatic amines is 1. The van der Waals surface area contributed by atoms with Gasteiger partial charge in [-0.1, -0.05) is 41.4 Å². The summed E-state index contributed by atoms with van der Waals surface area (Å²) in [6.07, 6.45) is 2.74. The van der Waals surface area contributed by atoms with Crippen molar-refractivity contribution in [3.8, 4) is 0 Å². The zero-order valence-corrected chi connectivity index (χ0v) is 13.2. The van der Waals surface area contributed by atoms with Crippen molar-refractivity contribution in [1.29, 1.82) is 0 Å². The summed E-state index contributed by atoms with van der Waals surface area (Å²) in [6.45, 7) is 0.556. The molecule has 3 aromatic rings. The van der Waals surface area contributed by atoms with Crippen LogP contribution in [0, 0.1) is 0 Å². The lowest BCUT2D eigenvalue weighted by atomic mass is 10.1. The number of aromatic nitrogens is 1. The van der Waals surface area contributed by atoms with Crippen LogP contribution in [-0.4, -0.2) is 17.4 Å². The van der Waals surface area contributed by atoms with E-state index in [0.717, 1.165) is 11.9 Å². The number of halogens is 2. The standard InChI is InChI=1S/C17H14Cl2N2O/c18-14-6-5-11(9-15(14)19)17(22)20-8-7-12-10-21-16-4-2-1-3-13(12)16/h1-6,9-10,21H,7-8H2,(H,20,22). The van der Waals surface area contributed by atoms with Gasteiger partial charge < -0.3 is 10.3 Å². The third-order valence-electron chi connectivity index (χ3n) is 3.54. The van der Waals surface area contributed by atoms with Crippen LogP contribution in [0.3, 0.4) is 0 Å². The first-order valence-corrected chi connectivity index (χ1v) is 7.69. The first-order chi connectivity index (χ1) is 10.6. The Morgan fingerprint density at radius 2 is 1.91 bits per heavy atom. The molecule has 0 saturated carbocycles. The molecule has 5 heteroatoms. The molecular formula is C17H14Cl2N2O. The van der Waals surface area contributed by atoms with Crippen molar-refractivity contribution in [3.05, 3.63) is 69.8 Å². The second kappa shape index (κ2) is 6.42. The van der Waals surface area contributed by atoms with Gasteiger partial charge in [0, 0.05) is 29.2 Å². The Kier molecular flexibility index (Phi) is 4.36. The van der Waals surface area contributed by atoms with E-state index in [1.54, 1.807) is 18.2 Å². The van der Waals surface area contributed by atoms with Gasteiger partial charge in [0.2, 0.25) is 0 Å². The number of rotatable bonds is 4. The Hall–Kier alpha value is -1.97. The van der Waals surface area contributed by atoms with Crippen LogP contribution in [0.15, 0.2) is 48.7 Å². The van der Waals surface area contributed by atoms with Crippen molar-refractivity contribution in [1.82, 2.24) is 10.3 Å². The highest BCUT2D eigenvalue weighted by Gasteiger charge is 2.08. The molecule has 0 aliphatic rings. The molecule has 112 valence electrons. The molecule has 0 atom stereocenters. The highest BCUT2D eigenvalue weighted by Crippen LogP contribution is 2.22. The van der Waals surface area contributed by atoms with Crippen molar-refractivity contribution < 1.29 is 4.79 Å². The number of nitrogens with one attached hydrogen (secondary N) is 2. The molecule has 0 aliphatic heterocycles. The average molecular weight is 333 g/mol. The number of carbonyl (C=O) groups is 1. The first kappa shape index (κ1) is 14.9. The van der Waals surface area contributed by atoms with Crippen molar-refractivity contribution in [2.45, 2.75) is 6.42 Å². The van der Waals surface area contributed by atoms with Crippen molar-refractivity contribution in [2.24, 2.45) is 0 Å². The van der Waals surface area contributed by atoms with E-state index in [2.05, 4.69) is 16.4 Å². The molecule has 0 fully saturated rings. The van der Waals surface area contributed by atoms with Crippen molar-refractivity contribution in [3.63, 3.8) is 0 Å². The van der Waals surface area contributed by atoms with E-state index in [-0.39, 0.29) is 5.91 Å². The van der Waals surface area contributed by atoms with E-state index >= 15 is 0 Å². The number of amides is 1. The minimum absolute atomic E-state index is 0.154. The molecule has 0 aliphatic carbocycles. The summed E-state index contributed by atoms with van der Waals surface area (Å²) in [6, 6.07) is 13.0. The zero-order valence-electron chi connectivity index (χ0n) is 11.7. The molecule has 1 heterocycles. The van der Waals surface area contributed by atoms with Gasteiger partial charge in [-0.2, -0.15) is 0 Å². The second-order valence-electron chi connectivity index (χ2n) is 4.99. The van der Waals surface area contributed by atoms with Gasteiger partial charge in [0.25, 0.3) is 5.91 Å². The van der Waals surface area contributed by atoms with Crippen LogP contribution in [0.2, 0.25) is 10.0 Å². The van der Waals surface area contributed by atoms with Crippen LogP contribution < -0.4 is 5.32 Å². The molecule has 1 aromatic heterocycles. The van der Waals surface area contributed by atoms with Gasteiger partial charge in [-0.25, -0.2) is 0 Å². The summed E-state index contributed by atoms with van der Waals surface area (Å²) in [5, 5.41) is 4.90. The molecule has 0 spiro atoms. The summed E-state index contributed by atoms with van der Waals surface area (Å²) in [4.78, 5) is 15.3. The number of H-pyrrole nitrogens is 1. The second-order valence-corrected chi connectivity index (χ2v) is 5.81. The van der Waals surface area contributed by atoms with Crippen molar-refractivity contribution in [2.75, 3.05) is 6.54 Å². The van der Waals surface area contributed by atoms with E-state index in [4.69, 9.17) is 23.2 Å². The Labute approximate surface area is 138 Å². The maximum absolute atomic E-state index is 12.1. The summed E-state index contributed by atoms with van der Waals surface area (Å²) in [5.41, 5.74) is 2.80. The first-order valence-electron chi connectivity index (χ1n) is 6.93. The molecular weight excluding hydrogens is 319 g/mol. The molecule has 2 aromatic carbocycles. The third kappa shape index (κ3) is 3.11. The summed E-state index contributed by atoms with van der Waals surface area (Å²) < 4.78 is 0. The van der Waals surface area contributed by atoms with Crippen LogP contribution in [0.25, 0.3) is 10.9 Å². The van der Waals surface area contributed by atoms with Gasteiger partial charge in [-0.05, 0) is 36.2 Å². The third-order valence-corrected chi connectivity index (χ3v) is 4.28. The number of para-hydroxylation sites is 1. The lowest BCUT2D eigenvalue weighted by Crippen LogP contribution is -2.25. The fourth-order valence-corrected chi connectivity index (χ4v) is 2.69. The van der Waals surface area contributed by atoms with Gasteiger partial charge in [0.15, 0.2) is 0 Å². The minimum atomic E-state index is -0.154. The number of hydrogen-bond acceptors (Lipinski definition) is 1. The Morgan fingerprint density at radius 3 is 2.73 bits per heavy atom. The predicted molar refractivity (Wildman–Crippen MR) is 90.8 cm³/mol. The fraction of sp³-hybridized carbons (Fsp3) is 0.118. The van der Waals surface area contributed by atoms with Crippen LogP contribution in [0.4, 0.5) is 0 Å². The van der Waals surface area contributed by atoms with Gasteiger partial charge in [0.05, 0.1) is 10.0 Å². The van der Waals surface area contributed by atoms with Gasteiger partial charge in [-0.3, -0.25) is 4.79 Å². The van der Waals surface area contributed by atoms with Crippen LogP contribution in [0.1, 0.15) is 15.9 Å². The molecule has 3 nitrogen and oxygen atoms in total. The highest BCUT2D eigenvalue weighted by molar-refractivity contribution is 6.42. The van der Waals surface area contributed by atoms with E-state index in [9.17, 15) is 4.79 Å². The van der Waals surface area contributed by atoms with Crippen LogP contribution >= 0.6 is 23.2 Å². The number of benzene rings is 2. The monoisotopic (exact) mass is 332 g/mol. The van der Waals surface area contributed by atoms with E-state index < -0.39 is 0 Å². The maximum atomic E-state index is 12.1. The molecule has 3 rings (SSSR count). The topological polar surface area (TPSA) is 44.9 Å². The van der Waals surface area contributed by atoms with Gasteiger partial charge in [0.1, 0.15) is 0 Å². The zero-order chi connectivity index (χ0) is 15.5. The molecule has 0 unspecified atom stereocenters. The number of carbonyl (C=O) groups excluding carboxylic acids is 1. The van der Waals surface area contributed by atoms with Crippen molar-refractivity contribution >= 4 is 40.0 Å². The van der Waals surface area contributed by atoms with Crippen LogP contribution in [0.5, 0.6) is 0 Å². The van der Waals surface area contributed by atoms with E-state index in [0.29, 0.717) is 22.2 Å². The van der Waals surface area contributed by atoms with E-state index in [1.807, 2.05) is 24.4 Å². The lowest BCUT2D eigenvalue weighted by Gasteiger charge is -2.06. The lowest BCUT2D eigenvalue weighted by molar-refractivity contribution is 0.0954. The highest BCUT2D eigenvalue weighted by atomic mass is 35.5. The Balaban J connectivity index is 1.63. The normalized spacial score (nSPS) is 10.8. The summed E-state index contributed by atoms with van der Waals surface area (Å²) in [5.74, 6) is -0.154. The fourth-order valence-electron chi connectivity index (χ4n) is 2.39. The van der Waals surface area contributed by atoms with Gasteiger partial charge in [-0.15, -0.1) is 0 Å². The molecule has 0 bridgehead atoms. The largest absolute Gasteiger partial charge is 0.361 e. The van der Waals surface area contributed by atoms with Crippen LogP contribution in [-0.2, 0) is 6.42 Å². The van der Waals surface area contributed by atoms with Gasteiger partial charge >= 0.3 is 0 Å². The predicted octanol–water partition coefficient (Wildman–Crippen LogP) is 4.45. The average Bonchev–Trinajstić information content (AvgIpc) is 2.93. The SMILES string of the molecule is O=C(NCCc1c[nH]c2ccccc12)c1ccc(Cl)c(Cl)c1.